The zero-order valence-corrected chi connectivity index (χ0v) is 34.2. The van der Waals surface area contributed by atoms with Gasteiger partial charge < -0.3 is 9.13 Å². The summed E-state index contributed by atoms with van der Waals surface area (Å²) in [4.78, 5) is 0. The Morgan fingerprint density at radius 3 is 0.885 bits per heavy atom. The van der Waals surface area contributed by atoms with Crippen LogP contribution in [-0.4, -0.2) is 9.13 Å². The zero-order chi connectivity index (χ0) is 16.3. The van der Waals surface area contributed by atoms with Gasteiger partial charge in [-0.1, -0.05) is 41.5 Å². The Morgan fingerprint density at radius 2 is 0.846 bits per heavy atom. The van der Waals surface area contributed by atoms with Gasteiger partial charge in [-0.3, -0.25) is 26.5 Å². The van der Waals surface area contributed by atoms with E-state index in [2.05, 4.69) is 26.5 Å². The fourth-order valence-corrected chi connectivity index (χ4v) is 1.45. The number of aromatic nitrogens is 2. The molecule has 0 fully saturated rings. The fourth-order valence-electron chi connectivity index (χ4n) is 1.45. The first kappa shape index (κ1) is 51.5. The fraction of sp³-hybridized carbons (Fsp3) is 0.444. The number of rotatable bonds is 0. The molecule has 0 aliphatic rings. The van der Waals surface area contributed by atoms with Crippen LogP contribution in [-0.2, 0) is 79.2 Å². The van der Waals surface area contributed by atoms with Crippen LogP contribution in [0.1, 0.15) is 50.2 Å². The van der Waals surface area contributed by atoms with Gasteiger partial charge >= 0.3 is 0 Å². The van der Waals surface area contributed by atoms with Gasteiger partial charge in [0.25, 0.3) is 0 Å². The molecule has 2 heterocycles. The van der Waals surface area contributed by atoms with E-state index >= 15 is 0 Å². The molecule has 0 saturated carbocycles. The third-order valence-electron chi connectivity index (χ3n) is 2.32. The topological polar surface area (TPSA) is 9.86 Å². The summed E-state index contributed by atoms with van der Waals surface area (Å²) in [6, 6.07) is 4.10. The van der Waals surface area contributed by atoms with E-state index in [1.165, 1.54) is 0 Å². The minimum atomic E-state index is 0. The van der Waals surface area contributed by atoms with Crippen LogP contribution in [0, 0.1) is 116 Å². The third kappa shape index (κ3) is 25.0. The molecule has 26 heavy (non-hydrogen) atoms. The molecule has 0 spiro atoms. The summed E-state index contributed by atoms with van der Waals surface area (Å²) in [7, 11) is 7.40. The van der Waals surface area contributed by atoms with Gasteiger partial charge in [0.15, 0.2) is 0 Å². The molecule has 0 saturated heterocycles. The Labute approximate surface area is 263 Å². The van der Waals surface area contributed by atoms with Crippen LogP contribution < -0.4 is 0 Å². The van der Waals surface area contributed by atoms with Crippen LogP contribution >= 0.6 is 0 Å². The van der Waals surface area contributed by atoms with Crippen LogP contribution in [0.4, 0.5) is 0 Å². The second-order valence-electron chi connectivity index (χ2n) is 4.02. The standard InChI is InChI=1S/2C7H9N.2C2H6.2U.2V.2W/c2*1-6-4-7(2)8(3)5-6;2*1-2;;;;;;/h2*4H,3H2,1-2H3;2*1-2H3;;;;;;/q2*-2;;;;;;;;. The van der Waals surface area contributed by atoms with E-state index in [1.807, 2.05) is 67.5 Å². The number of hydrogen-bond acceptors (Lipinski definition) is 0. The summed E-state index contributed by atoms with van der Waals surface area (Å²) in [5, 5.41) is 0. The molecule has 2 rings (SSSR count). The zero-order valence-electron chi connectivity index (χ0n) is 17.2. The number of hydrogen-bond donors (Lipinski definition) is 0. The van der Waals surface area contributed by atoms with E-state index in [-0.39, 0.29) is 141 Å². The molecule has 2 aromatic heterocycles. The van der Waals surface area contributed by atoms with E-state index in [1.54, 1.807) is 9.13 Å². The SMILES string of the molecule is CC.CC.[CH2-]n1[c-]c(C)cc1C.[CH2-]n1[c-]c(C)cc1C.[U].[U].[V].[V].[W].[W]. The first-order valence-electron chi connectivity index (χ1n) is 7.18. The van der Waals surface area contributed by atoms with E-state index in [9.17, 15) is 0 Å². The first-order valence-corrected chi connectivity index (χ1v) is 7.18. The number of nitrogens with zero attached hydrogens (tertiary/aromatic N) is 2. The normalized spacial score (nSPS) is 6.46. The van der Waals surface area contributed by atoms with Gasteiger partial charge in [0, 0.05) is 141 Å². The summed E-state index contributed by atoms with van der Waals surface area (Å²) in [5.41, 5.74) is 4.61. The van der Waals surface area contributed by atoms with Crippen molar-refractivity contribution < 1.29 is 141 Å². The van der Waals surface area contributed by atoms with Gasteiger partial charge in [-0.15, -0.1) is 13.8 Å². The minimum absolute atomic E-state index is 0. The quantitative estimate of drug-likeness (QED) is 0.325. The predicted octanol–water partition coefficient (Wildman–Crippen LogP) is 5.13. The van der Waals surface area contributed by atoms with Crippen LogP contribution in [0.2, 0.25) is 0 Å². The molecule has 0 aromatic carbocycles. The second-order valence-corrected chi connectivity index (χ2v) is 4.02. The molecule has 0 amide bonds. The maximum absolute atomic E-state index is 3.70. The Morgan fingerprint density at radius 1 is 0.654 bits per heavy atom. The summed E-state index contributed by atoms with van der Waals surface area (Å²) in [6.45, 7) is 16.0. The van der Waals surface area contributed by atoms with Gasteiger partial charge in [0.2, 0.25) is 0 Å². The van der Waals surface area contributed by atoms with Crippen LogP contribution in [0.3, 0.4) is 0 Å². The molecular formula is C18H30N2U2V2W2-4. The van der Waals surface area contributed by atoms with Gasteiger partial charge in [-0.05, 0) is 0 Å². The van der Waals surface area contributed by atoms with Crippen molar-refractivity contribution in [2.24, 2.45) is 0 Å². The molecule has 0 bridgehead atoms. The Bertz CT molecular complexity index is 408. The summed E-state index contributed by atoms with van der Waals surface area (Å²) in [5.74, 6) is 0. The summed E-state index contributed by atoms with van der Waals surface area (Å²) in [6.07, 6.45) is 6.03. The van der Waals surface area contributed by atoms with Crippen molar-refractivity contribution in [3.05, 3.63) is 61.1 Å². The molecule has 2 nitrogen and oxygen atoms in total. The largest absolute Gasteiger partial charge is 0.658 e. The van der Waals surface area contributed by atoms with Gasteiger partial charge in [0.1, 0.15) is 0 Å². The van der Waals surface area contributed by atoms with Gasteiger partial charge in [0.05, 0.1) is 0 Å². The van der Waals surface area contributed by atoms with Crippen molar-refractivity contribution in [2.45, 2.75) is 55.4 Å². The average Bonchev–Trinajstić information content (AvgIpc) is 2.87. The van der Waals surface area contributed by atoms with Crippen molar-refractivity contribution >= 4 is 0 Å². The van der Waals surface area contributed by atoms with Crippen molar-refractivity contribution in [1.29, 1.82) is 0 Å². The molecule has 0 unspecified atom stereocenters. The van der Waals surface area contributed by atoms with E-state index in [0.717, 1.165) is 22.5 Å². The average molecular weight is 1220 g/mol. The Hall–Kier alpha value is 2.95. The molecular weight excluding hydrogens is 1190 g/mol. The summed E-state index contributed by atoms with van der Waals surface area (Å²) < 4.78 is 3.49. The van der Waals surface area contributed by atoms with Crippen molar-refractivity contribution in [2.75, 3.05) is 0 Å². The van der Waals surface area contributed by atoms with Crippen LogP contribution in [0.25, 0.3) is 0 Å². The molecule has 2 aromatic rings. The van der Waals surface area contributed by atoms with E-state index in [4.69, 9.17) is 0 Å². The monoisotopic (exact) mass is 1220 g/mol. The maximum atomic E-state index is 3.70. The van der Waals surface area contributed by atoms with Crippen molar-refractivity contribution in [3.8, 4) is 0 Å². The molecule has 0 atom stereocenters. The van der Waals surface area contributed by atoms with Gasteiger partial charge in [-0.25, -0.2) is 11.4 Å². The molecule has 0 aliphatic heterocycles. The van der Waals surface area contributed by atoms with Crippen LogP contribution in [0.5, 0.6) is 0 Å². The minimum Gasteiger partial charge on any atom is -0.658 e. The summed E-state index contributed by atoms with van der Waals surface area (Å²) >= 11 is 0. The van der Waals surface area contributed by atoms with Gasteiger partial charge in [-0.2, -0.15) is 23.3 Å². The smallest absolute Gasteiger partial charge is 0 e. The molecule has 2 radical (unpaired) electrons. The maximum Gasteiger partial charge on any atom is 0 e. The first-order chi connectivity index (χ1) is 9.40. The molecule has 0 aliphatic carbocycles. The van der Waals surface area contributed by atoms with E-state index < -0.39 is 0 Å². The third-order valence-corrected chi connectivity index (χ3v) is 2.32. The second kappa shape index (κ2) is 32.6. The predicted molar refractivity (Wildman–Crippen MR) is 89.7 cm³/mol. The number of aryl methyl sites for hydroxylation is 4. The van der Waals surface area contributed by atoms with Crippen molar-refractivity contribution in [3.63, 3.8) is 0 Å². The molecule has 146 valence electrons. The van der Waals surface area contributed by atoms with Crippen LogP contribution in [0.15, 0.2) is 12.1 Å². The molecule has 0 N–H and O–H groups in total. The van der Waals surface area contributed by atoms with Crippen molar-refractivity contribution in [1.82, 2.24) is 9.13 Å². The van der Waals surface area contributed by atoms with E-state index in [0.29, 0.717) is 0 Å². The molecule has 8 heteroatoms. The Balaban J connectivity index is -0.0000000292. The Kier molecular flexibility index (Phi) is 64.6.